The van der Waals surface area contributed by atoms with Gasteiger partial charge >= 0.3 is 0 Å². The van der Waals surface area contributed by atoms with Crippen LogP contribution in [0.25, 0.3) is 0 Å². The summed E-state index contributed by atoms with van der Waals surface area (Å²) in [6.07, 6.45) is 3.91. The van der Waals surface area contributed by atoms with Gasteiger partial charge in [0, 0.05) is 19.1 Å². The van der Waals surface area contributed by atoms with Gasteiger partial charge in [0.15, 0.2) is 5.82 Å². The summed E-state index contributed by atoms with van der Waals surface area (Å²) in [4.78, 5) is 2.21. The molecule has 1 saturated heterocycles. The summed E-state index contributed by atoms with van der Waals surface area (Å²) >= 11 is 0. The van der Waals surface area contributed by atoms with E-state index in [1.807, 2.05) is 0 Å². The minimum atomic E-state index is 0.248. The van der Waals surface area contributed by atoms with Gasteiger partial charge in [-0.25, -0.2) is 0 Å². The standard InChI is InChI=1S/C16H25N5/c1-4-12-13(9-17)16(20-19-14(12)5-2)21-8-6-7-11(3)15(21)10-18/h11,15H,4-8,10,18H2,1-3H3. The molecule has 2 heterocycles. The summed E-state index contributed by atoms with van der Waals surface area (Å²) in [7, 11) is 0. The number of rotatable bonds is 4. The van der Waals surface area contributed by atoms with Crippen LogP contribution in [0, 0.1) is 17.2 Å². The van der Waals surface area contributed by atoms with Crippen LogP contribution in [0.4, 0.5) is 5.82 Å². The molecule has 1 aliphatic heterocycles. The first-order valence-electron chi connectivity index (χ1n) is 7.93. The van der Waals surface area contributed by atoms with Gasteiger partial charge < -0.3 is 10.6 Å². The second-order valence-electron chi connectivity index (χ2n) is 5.76. The molecule has 5 nitrogen and oxygen atoms in total. The van der Waals surface area contributed by atoms with Crippen LogP contribution in [0.15, 0.2) is 0 Å². The summed E-state index contributed by atoms with van der Waals surface area (Å²) in [6, 6.07) is 2.61. The van der Waals surface area contributed by atoms with Crippen LogP contribution in [0.5, 0.6) is 0 Å². The number of anilines is 1. The van der Waals surface area contributed by atoms with Crippen LogP contribution < -0.4 is 10.6 Å². The lowest BCUT2D eigenvalue weighted by Crippen LogP contribution is -2.49. The molecule has 2 unspecified atom stereocenters. The molecule has 1 aromatic heterocycles. The fourth-order valence-corrected chi connectivity index (χ4v) is 3.35. The zero-order valence-electron chi connectivity index (χ0n) is 13.3. The molecule has 1 fully saturated rings. The van der Waals surface area contributed by atoms with Crippen LogP contribution in [-0.2, 0) is 12.8 Å². The van der Waals surface area contributed by atoms with E-state index >= 15 is 0 Å². The quantitative estimate of drug-likeness (QED) is 0.916. The maximum atomic E-state index is 9.63. The molecule has 0 spiro atoms. The highest BCUT2D eigenvalue weighted by Crippen LogP contribution is 2.30. The van der Waals surface area contributed by atoms with Crippen LogP contribution in [0.2, 0.25) is 0 Å². The molecule has 0 aromatic carbocycles. The van der Waals surface area contributed by atoms with Gasteiger partial charge in [-0.15, -0.1) is 5.10 Å². The molecule has 0 amide bonds. The summed E-state index contributed by atoms with van der Waals surface area (Å²) in [5.41, 5.74) is 8.64. The molecule has 21 heavy (non-hydrogen) atoms. The van der Waals surface area contributed by atoms with Crippen molar-refractivity contribution in [3.8, 4) is 6.07 Å². The Labute approximate surface area is 127 Å². The Kier molecular flexibility index (Phi) is 5.13. The molecular weight excluding hydrogens is 262 g/mol. The van der Waals surface area contributed by atoms with E-state index in [0.717, 1.165) is 42.9 Å². The summed E-state index contributed by atoms with van der Waals surface area (Å²) in [6.45, 7) is 7.84. The highest BCUT2D eigenvalue weighted by atomic mass is 15.3. The Bertz CT molecular complexity index is 534. The third-order valence-corrected chi connectivity index (χ3v) is 4.57. The van der Waals surface area contributed by atoms with E-state index in [1.54, 1.807) is 0 Å². The van der Waals surface area contributed by atoms with Gasteiger partial charge in [0.25, 0.3) is 0 Å². The Morgan fingerprint density at radius 1 is 1.33 bits per heavy atom. The molecule has 2 atom stereocenters. The third-order valence-electron chi connectivity index (χ3n) is 4.57. The second kappa shape index (κ2) is 6.86. The van der Waals surface area contributed by atoms with E-state index in [-0.39, 0.29) is 6.04 Å². The van der Waals surface area contributed by atoms with Gasteiger partial charge in [-0.2, -0.15) is 10.4 Å². The van der Waals surface area contributed by atoms with E-state index in [2.05, 4.69) is 41.9 Å². The topological polar surface area (TPSA) is 78.8 Å². The number of aromatic nitrogens is 2. The Hall–Kier alpha value is -1.67. The lowest BCUT2D eigenvalue weighted by molar-refractivity contribution is 0.347. The van der Waals surface area contributed by atoms with Crippen molar-refractivity contribution in [1.82, 2.24) is 10.2 Å². The normalized spacial score (nSPS) is 22.1. The van der Waals surface area contributed by atoms with Gasteiger partial charge in [-0.3, -0.25) is 0 Å². The van der Waals surface area contributed by atoms with Crippen molar-refractivity contribution < 1.29 is 0 Å². The van der Waals surface area contributed by atoms with Gasteiger partial charge in [0.05, 0.1) is 5.69 Å². The molecular formula is C16H25N5. The molecule has 1 aromatic rings. The zero-order valence-corrected chi connectivity index (χ0v) is 13.3. The predicted octanol–water partition coefficient (Wildman–Crippen LogP) is 2.04. The highest BCUT2D eigenvalue weighted by Gasteiger charge is 2.31. The first-order chi connectivity index (χ1) is 10.2. The molecule has 0 aliphatic carbocycles. The lowest BCUT2D eigenvalue weighted by Gasteiger charge is -2.40. The fraction of sp³-hybridized carbons (Fsp3) is 0.688. The second-order valence-corrected chi connectivity index (χ2v) is 5.76. The monoisotopic (exact) mass is 287 g/mol. The smallest absolute Gasteiger partial charge is 0.169 e. The van der Waals surface area contributed by atoms with Crippen LogP contribution >= 0.6 is 0 Å². The van der Waals surface area contributed by atoms with Crippen molar-refractivity contribution in [3.63, 3.8) is 0 Å². The summed E-state index contributed by atoms with van der Waals surface area (Å²) in [5.74, 6) is 1.25. The summed E-state index contributed by atoms with van der Waals surface area (Å²) < 4.78 is 0. The maximum Gasteiger partial charge on any atom is 0.169 e. The Morgan fingerprint density at radius 2 is 2.10 bits per heavy atom. The minimum Gasteiger partial charge on any atom is -0.349 e. The van der Waals surface area contributed by atoms with Crippen molar-refractivity contribution in [1.29, 1.82) is 5.26 Å². The summed E-state index contributed by atoms with van der Waals surface area (Å²) in [5, 5.41) is 18.4. The number of piperidine rings is 1. The average molecular weight is 287 g/mol. The van der Waals surface area contributed by atoms with Crippen LogP contribution in [0.3, 0.4) is 0 Å². The lowest BCUT2D eigenvalue weighted by atomic mass is 9.90. The predicted molar refractivity (Wildman–Crippen MR) is 84.1 cm³/mol. The third kappa shape index (κ3) is 2.86. The number of nitriles is 1. The van der Waals surface area contributed by atoms with Crippen molar-refractivity contribution in [2.75, 3.05) is 18.0 Å². The van der Waals surface area contributed by atoms with Crippen molar-refractivity contribution >= 4 is 5.82 Å². The Balaban J connectivity index is 2.50. The van der Waals surface area contributed by atoms with E-state index in [0.29, 0.717) is 18.0 Å². The average Bonchev–Trinajstić information content (AvgIpc) is 2.52. The van der Waals surface area contributed by atoms with E-state index in [9.17, 15) is 5.26 Å². The molecule has 0 bridgehead atoms. The SMILES string of the molecule is CCc1nnc(N2CCCC(C)C2CN)c(C#N)c1CC. The van der Waals surface area contributed by atoms with E-state index < -0.39 is 0 Å². The van der Waals surface area contributed by atoms with Gasteiger partial charge in [0.2, 0.25) is 0 Å². The first-order valence-corrected chi connectivity index (χ1v) is 7.93. The van der Waals surface area contributed by atoms with Crippen LogP contribution in [0.1, 0.15) is 50.4 Å². The van der Waals surface area contributed by atoms with Crippen molar-refractivity contribution in [3.05, 3.63) is 16.8 Å². The minimum absolute atomic E-state index is 0.248. The number of nitrogens with zero attached hydrogens (tertiary/aromatic N) is 4. The van der Waals surface area contributed by atoms with Gasteiger partial charge in [-0.1, -0.05) is 20.8 Å². The van der Waals surface area contributed by atoms with Gasteiger partial charge in [-0.05, 0) is 37.2 Å². The molecule has 1 aliphatic rings. The molecule has 0 radical (unpaired) electrons. The fourth-order valence-electron chi connectivity index (χ4n) is 3.35. The molecule has 0 saturated carbocycles. The van der Waals surface area contributed by atoms with Gasteiger partial charge in [0.1, 0.15) is 11.6 Å². The van der Waals surface area contributed by atoms with Crippen molar-refractivity contribution in [2.24, 2.45) is 11.7 Å². The zero-order chi connectivity index (χ0) is 15.4. The molecule has 2 N–H and O–H groups in total. The first kappa shape index (κ1) is 15.7. The Morgan fingerprint density at radius 3 is 2.67 bits per heavy atom. The van der Waals surface area contributed by atoms with Crippen LogP contribution in [-0.4, -0.2) is 29.3 Å². The molecule has 2 rings (SSSR count). The number of hydrogen-bond donors (Lipinski definition) is 1. The maximum absolute atomic E-state index is 9.63. The molecule has 114 valence electrons. The number of nitrogens with two attached hydrogens (primary N) is 1. The van der Waals surface area contributed by atoms with Crippen molar-refractivity contribution in [2.45, 2.75) is 52.5 Å². The van der Waals surface area contributed by atoms with E-state index in [1.165, 1.54) is 6.42 Å². The highest BCUT2D eigenvalue weighted by molar-refractivity contribution is 5.59. The number of hydrogen-bond acceptors (Lipinski definition) is 5. The largest absolute Gasteiger partial charge is 0.349 e. The number of aryl methyl sites for hydroxylation is 1. The van der Waals surface area contributed by atoms with E-state index in [4.69, 9.17) is 5.73 Å². The molecule has 5 heteroatoms.